The summed E-state index contributed by atoms with van der Waals surface area (Å²) in [4.78, 5) is 14.7. The molecular weight excluding hydrogens is 286 g/mol. The largest absolute Gasteiger partial charge is 0.493 e. The summed E-state index contributed by atoms with van der Waals surface area (Å²) in [6, 6.07) is 17.3. The molecule has 0 unspecified atom stereocenters. The van der Waals surface area contributed by atoms with Crippen molar-refractivity contribution in [3.8, 4) is 0 Å². The Morgan fingerprint density at radius 3 is 2.13 bits per heavy atom. The molecule has 2 rings (SSSR count). The highest BCUT2D eigenvalue weighted by molar-refractivity contribution is 6.09. The van der Waals surface area contributed by atoms with Crippen LogP contribution in [0.4, 0.5) is 5.69 Å². The van der Waals surface area contributed by atoms with Gasteiger partial charge in [-0.3, -0.25) is 4.79 Å². The lowest BCUT2D eigenvalue weighted by Gasteiger charge is -2.20. The van der Waals surface area contributed by atoms with E-state index in [1.54, 1.807) is 18.2 Å². The number of Topliss-reactive ketones (excluding diaryl/α,β-unsaturated/α-hetero) is 1. The number of hydrogen-bond donors (Lipinski definition) is 0. The maximum atomic E-state index is 12.4. The number of anilines is 1. The molecule has 0 spiro atoms. The van der Waals surface area contributed by atoms with Crippen LogP contribution in [0.2, 0.25) is 0 Å². The number of hydrogen-bond acceptors (Lipinski definition) is 3. The summed E-state index contributed by atoms with van der Waals surface area (Å²) < 4.78 is 5.29. The maximum Gasteiger partial charge on any atom is 0.227 e. The number of ether oxygens (including phenoxy) is 1. The van der Waals surface area contributed by atoms with Gasteiger partial charge in [-0.25, -0.2) is 0 Å². The van der Waals surface area contributed by atoms with Gasteiger partial charge < -0.3 is 9.64 Å². The number of allylic oxidation sites excluding steroid dienone is 1. The van der Waals surface area contributed by atoms with Crippen molar-refractivity contribution in [1.82, 2.24) is 0 Å². The van der Waals surface area contributed by atoms with Crippen LogP contribution in [0.25, 0.3) is 6.08 Å². The molecule has 0 atom stereocenters. The number of methoxy groups -OCH3 is 1. The first kappa shape index (κ1) is 16.8. The van der Waals surface area contributed by atoms with Gasteiger partial charge in [0.05, 0.1) is 7.11 Å². The molecule has 0 aliphatic carbocycles. The van der Waals surface area contributed by atoms with Crippen LogP contribution in [0.1, 0.15) is 29.8 Å². The Bertz CT molecular complexity index is 656. The minimum atomic E-state index is -0.110. The molecule has 0 amide bonds. The molecule has 2 aromatic rings. The van der Waals surface area contributed by atoms with Crippen LogP contribution in [0.15, 0.2) is 60.4 Å². The van der Waals surface area contributed by atoms with Gasteiger partial charge in [-0.05, 0) is 37.6 Å². The van der Waals surface area contributed by atoms with Crippen LogP contribution in [0, 0.1) is 0 Å². The van der Waals surface area contributed by atoms with Crippen LogP contribution in [-0.2, 0) is 4.74 Å². The topological polar surface area (TPSA) is 29.5 Å². The van der Waals surface area contributed by atoms with Crippen molar-refractivity contribution in [1.29, 1.82) is 0 Å². The van der Waals surface area contributed by atoms with Gasteiger partial charge in [-0.15, -0.1) is 0 Å². The zero-order valence-electron chi connectivity index (χ0n) is 14.0. The summed E-state index contributed by atoms with van der Waals surface area (Å²) in [5, 5.41) is 0. The van der Waals surface area contributed by atoms with E-state index >= 15 is 0 Å². The molecule has 0 aliphatic rings. The first-order chi connectivity index (χ1) is 11.2. The number of nitrogens with zero attached hydrogens (tertiary/aromatic N) is 1. The first-order valence-electron chi connectivity index (χ1n) is 7.90. The van der Waals surface area contributed by atoms with Crippen molar-refractivity contribution < 1.29 is 9.53 Å². The van der Waals surface area contributed by atoms with Crippen molar-refractivity contribution in [2.24, 2.45) is 0 Å². The molecule has 0 saturated heterocycles. The molecule has 2 aromatic carbocycles. The van der Waals surface area contributed by atoms with Gasteiger partial charge >= 0.3 is 0 Å². The van der Waals surface area contributed by atoms with Gasteiger partial charge in [0.2, 0.25) is 5.78 Å². The SMILES string of the molecule is CCN(CC)c1ccc(C=C(OC)C(=O)c2ccccc2)cc1. The Hall–Kier alpha value is -2.55. The highest BCUT2D eigenvalue weighted by Gasteiger charge is 2.12. The van der Waals surface area contributed by atoms with E-state index in [9.17, 15) is 4.79 Å². The second kappa shape index (κ2) is 8.18. The smallest absolute Gasteiger partial charge is 0.227 e. The normalized spacial score (nSPS) is 11.2. The molecule has 0 aromatic heterocycles. The third-order valence-corrected chi connectivity index (χ3v) is 3.80. The van der Waals surface area contributed by atoms with Crippen molar-refractivity contribution in [2.45, 2.75) is 13.8 Å². The van der Waals surface area contributed by atoms with E-state index in [4.69, 9.17) is 4.74 Å². The summed E-state index contributed by atoms with van der Waals surface area (Å²) >= 11 is 0. The van der Waals surface area contributed by atoms with Gasteiger partial charge in [-0.2, -0.15) is 0 Å². The Labute approximate surface area is 138 Å². The third-order valence-electron chi connectivity index (χ3n) is 3.80. The van der Waals surface area contributed by atoms with Crippen molar-refractivity contribution in [3.05, 3.63) is 71.5 Å². The highest BCUT2D eigenvalue weighted by atomic mass is 16.5. The van der Waals surface area contributed by atoms with Crippen LogP contribution in [0.5, 0.6) is 0 Å². The standard InChI is InChI=1S/C20H23NO2/c1-4-21(5-2)18-13-11-16(12-14-18)15-19(23-3)20(22)17-9-7-6-8-10-17/h6-15H,4-5H2,1-3H3. The molecule has 0 radical (unpaired) electrons. The Morgan fingerprint density at radius 2 is 1.61 bits per heavy atom. The monoisotopic (exact) mass is 309 g/mol. The van der Waals surface area contributed by atoms with E-state index in [0.717, 1.165) is 18.7 Å². The van der Waals surface area contributed by atoms with Crippen LogP contribution < -0.4 is 4.90 Å². The molecule has 120 valence electrons. The van der Waals surface area contributed by atoms with Gasteiger partial charge in [0.15, 0.2) is 5.76 Å². The summed E-state index contributed by atoms with van der Waals surface area (Å²) in [5.41, 5.74) is 2.75. The minimum Gasteiger partial charge on any atom is -0.493 e. The fourth-order valence-corrected chi connectivity index (χ4v) is 2.47. The Balaban J connectivity index is 2.23. The molecule has 0 N–H and O–H groups in total. The molecule has 23 heavy (non-hydrogen) atoms. The van der Waals surface area contributed by atoms with Gasteiger partial charge in [-0.1, -0.05) is 42.5 Å². The van der Waals surface area contributed by atoms with E-state index < -0.39 is 0 Å². The van der Waals surface area contributed by atoms with E-state index in [0.29, 0.717) is 11.3 Å². The molecule has 0 saturated carbocycles. The molecule has 3 heteroatoms. The quantitative estimate of drug-likeness (QED) is 0.431. The molecule has 0 aliphatic heterocycles. The second-order valence-corrected chi connectivity index (χ2v) is 5.17. The maximum absolute atomic E-state index is 12.4. The average molecular weight is 309 g/mol. The lowest BCUT2D eigenvalue weighted by atomic mass is 10.1. The Kier molecular flexibility index (Phi) is 5.98. The van der Waals surface area contributed by atoms with Gasteiger partial charge in [0, 0.05) is 24.3 Å². The summed E-state index contributed by atoms with van der Waals surface area (Å²) in [6.45, 7) is 6.22. The van der Waals surface area contributed by atoms with Crippen LogP contribution >= 0.6 is 0 Å². The summed E-state index contributed by atoms with van der Waals surface area (Å²) in [7, 11) is 1.52. The second-order valence-electron chi connectivity index (χ2n) is 5.17. The molecule has 0 heterocycles. The van der Waals surface area contributed by atoms with Crippen LogP contribution in [0.3, 0.4) is 0 Å². The lowest BCUT2D eigenvalue weighted by Crippen LogP contribution is -2.21. The fourth-order valence-electron chi connectivity index (χ4n) is 2.47. The Morgan fingerprint density at radius 1 is 1.00 bits per heavy atom. The number of carbonyl (C=O) groups is 1. The van der Waals surface area contributed by atoms with E-state index in [-0.39, 0.29) is 5.78 Å². The molecule has 3 nitrogen and oxygen atoms in total. The van der Waals surface area contributed by atoms with Crippen molar-refractivity contribution in [3.63, 3.8) is 0 Å². The first-order valence-corrected chi connectivity index (χ1v) is 7.90. The minimum absolute atomic E-state index is 0.110. The zero-order valence-corrected chi connectivity index (χ0v) is 14.0. The van der Waals surface area contributed by atoms with Gasteiger partial charge in [0.1, 0.15) is 0 Å². The predicted octanol–water partition coefficient (Wildman–Crippen LogP) is 4.40. The van der Waals surface area contributed by atoms with Crippen molar-refractivity contribution in [2.75, 3.05) is 25.1 Å². The summed E-state index contributed by atoms with van der Waals surface area (Å²) in [6.07, 6.45) is 1.78. The molecule has 0 bridgehead atoms. The number of ketones is 1. The fraction of sp³-hybridized carbons (Fsp3) is 0.250. The molecule has 0 fully saturated rings. The predicted molar refractivity (Wildman–Crippen MR) is 95.8 cm³/mol. The van der Waals surface area contributed by atoms with Crippen molar-refractivity contribution >= 4 is 17.5 Å². The molecular formula is C20H23NO2. The van der Waals surface area contributed by atoms with E-state index in [1.165, 1.54) is 12.8 Å². The van der Waals surface area contributed by atoms with Gasteiger partial charge in [0.25, 0.3) is 0 Å². The third kappa shape index (κ3) is 4.22. The average Bonchev–Trinajstić information content (AvgIpc) is 2.62. The lowest BCUT2D eigenvalue weighted by molar-refractivity contribution is 0.0957. The number of carbonyl (C=O) groups excluding carboxylic acids is 1. The number of rotatable bonds is 7. The summed E-state index contributed by atoms with van der Waals surface area (Å²) in [5.74, 6) is 0.229. The van der Waals surface area contributed by atoms with Crippen LogP contribution in [-0.4, -0.2) is 26.0 Å². The number of benzene rings is 2. The zero-order chi connectivity index (χ0) is 16.7. The van der Waals surface area contributed by atoms with E-state index in [2.05, 4.69) is 30.9 Å². The highest BCUT2D eigenvalue weighted by Crippen LogP contribution is 2.18. The van der Waals surface area contributed by atoms with E-state index in [1.807, 2.05) is 30.3 Å².